The van der Waals surface area contributed by atoms with Crippen LogP contribution in [0.15, 0.2) is 54.7 Å². The minimum atomic E-state index is -5.04. The van der Waals surface area contributed by atoms with Gasteiger partial charge in [-0.15, -0.1) is 0 Å². The minimum absolute atomic E-state index is 0.0683. The Balaban J connectivity index is 1.74. The van der Waals surface area contributed by atoms with Crippen LogP contribution in [0.1, 0.15) is 24.0 Å². The molecule has 1 aliphatic rings. The maximum absolute atomic E-state index is 14.5. The van der Waals surface area contributed by atoms with Gasteiger partial charge in [-0.25, -0.2) is 4.79 Å². The average Bonchev–Trinajstić information content (AvgIpc) is 3.18. The van der Waals surface area contributed by atoms with Crippen LogP contribution in [0.4, 0.5) is 23.7 Å². The minimum Gasteiger partial charge on any atom is -0.465 e. The van der Waals surface area contributed by atoms with Crippen LogP contribution in [0.5, 0.6) is 0 Å². The predicted octanol–water partition coefficient (Wildman–Crippen LogP) is 4.08. The van der Waals surface area contributed by atoms with Crippen molar-refractivity contribution in [3.8, 4) is 0 Å². The number of β-amino-alcohol motifs (C(OH)–C–C–N with tert-alkyl or cyclic N) is 1. The molecule has 2 heterocycles. The number of aromatic nitrogens is 1. The molecule has 1 unspecified atom stereocenters. The lowest BCUT2D eigenvalue weighted by Crippen LogP contribution is -2.54. The number of hydrogen-bond donors (Lipinski definition) is 3. The zero-order chi connectivity index (χ0) is 26.1. The number of fused-ring (bicyclic) bond motifs is 1. The Morgan fingerprint density at radius 2 is 1.81 bits per heavy atom. The molecule has 0 saturated carbocycles. The number of rotatable bonds is 7. The summed E-state index contributed by atoms with van der Waals surface area (Å²) in [6.07, 6.45) is -4.41. The second kappa shape index (κ2) is 9.78. The van der Waals surface area contributed by atoms with Crippen molar-refractivity contribution in [3.05, 3.63) is 76.0 Å². The van der Waals surface area contributed by atoms with E-state index < -0.39 is 29.3 Å². The standard InChI is InChI=1S/C24H25F3N4O5/c25-24(26,27)23(34,15-29-10-8-17(9-11-29)28-22(32)33)20-14-30(13-16-4-2-1-3-5-16)21-12-18(31(35)36)6-7-19(20)21/h1-7,12,14,17,28,34H,8-11,13,15H2,(H,32,33). The summed E-state index contributed by atoms with van der Waals surface area (Å²) in [5, 5.41) is 33.9. The van der Waals surface area contributed by atoms with Crippen molar-refractivity contribution in [2.75, 3.05) is 19.6 Å². The number of non-ortho nitro benzene ring substituents is 1. The number of alkyl halides is 3. The lowest BCUT2D eigenvalue weighted by molar-refractivity contribution is -0.384. The first kappa shape index (κ1) is 25.5. The predicted molar refractivity (Wildman–Crippen MR) is 125 cm³/mol. The Bertz CT molecular complexity index is 1260. The number of carbonyl (C=O) groups is 1. The molecule has 1 saturated heterocycles. The van der Waals surface area contributed by atoms with Crippen LogP contribution in [0.3, 0.4) is 0 Å². The molecular formula is C24H25F3N4O5. The monoisotopic (exact) mass is 506 g/mol. The maximum Gasteiger partial charge on any atom is 0.422 e. The summed E-state index contributed by atoms with van der Waals surface area (Å²) in [4.78, 5) is 23.0. The normalized spacial score (nSPS) is 17.1. The molecule has 3 N–H and O–H groups in total. The van der Waals surface area contributed by atoms with Gasteiger partial charge in [0.15, 0.2) is 0 Å². The molecule has 9 nitrogen and oxygen atoms in total. The molecule has 0 spiro atoms. The molecule has 0 bridgehead atoms. The number of benzene rings is 2. The summed E-state index contributed by atoms with van der Waals surface area (Å²) in [6.45, 7) is -0.272. The van der Waals surface area contributed by atoms with Gasteiger partial charge in [-0.2, -0.15) is 13.2 Å². The van der Waals surface area contributed by atoms with Gasteiger partial charge in [-0.05, 0) is 24.5 Å². The number of hydrogen-bond acceptors (Lipinski definition) is 5. The van der Waals surface area contributed by atoms with Crippen molar-refractivity contribution >= 4 is 22.7 Å². The molecular weight excluding hydrogens is 481 g/mol. The molecule has 12 heteroatoms. The Morgan fingerprint density at radius 3 is 2.39 bits per heavy atom. The van der Waals surface area contributed by atoms with Crippen molar-refractivity contribution < 1.29 is 33.1 Å². The summed E-state index contributed by atoms with van der Waals surface area (Å²) < 4.78 is 44.9. The van der Waals surface area contributed by atoms with Gasteiger partial charge in [-0.1, -0.05) is 30.3 Å². The van der Waals surface area contributed by atoms with E-state index in [2.05, 4.69) is 5.32 Å². The number of halogens is 3. The van der Waals surface area contributed by atoms with Crippen LogP contribution in [0.25, 0.3) is 10.9 Å². The third kappa shape index (κ3) is 5.14. The van der Waals surface area contributed by atoms with Gasteiger partial charge in [0.05, 0.1) is 10.4 Å². The van der Waals surface area contributed by atoms with E-state index >= 15 is 0 Å². The summed E-state index contributed by atoms with van der Waals surface area (Å²) in [5.41, 5.74) is -2.94. The summed E-state index contributed by atoms with van der Waals surface area (Å²) in [6, 6.07) is 12.1. The van der Waals surface area contributed by atoms with Crippen LogP contribution in [-0.2, 0) is 12.1 Å². The molecule has 1 amide bonds. The molecule has 1 aromatic heterocycles. The Labute approximate surface area is 203 Å². The number of amides is 1. The summed E-state index contributed by atoms with van der Waals surface area (Å²) in [7, 11) is 0. The second-order valence-corrected chi connectivity index (χ2v) is 8.97. The lowest BCUT2D eigenvalue weighted by Gasteiger charge is -2.39. The van der Waals surface area contributed by atoms with E-state index in [-0.39, 0.29) is 47.8 Å². The maximum atomic E-state index is 14.5. The number of nitro benzene ring substituents is 1. The lowest BCUT2D eigenvalue weighted by atomic mass is 9.90. The molecule has 3 aromatic rings. The SMILES string of the molecule is O=C(O)NC1CCN(CC(O)(c2cn(Cc3ccccc3)c3cc([N+](=O)[O-])ccc23)C(F)(F)F)CC1. The van der Waals surface area contributed by atoms with Crippen LogP contribution >= 0.6 is 0 Å². The molecule has 0 radical (unpaired) electrons. The first-order valence-corrected chi connectivity index (χ1v) is 11.3. The van der Waals surface area contributed by atoms with Crippen molar-refractivity contribution in [3.63, 3.8) is 0 Å². The van der Waals surface area contributed by atoms with E-state index in [9.17, 15) is 33.2 Å². The average molecular weight is 506 g/mol. The number of nitro groups is 1. The molecule has 1 fully saturated rings. The van der Waals surface area contributed by atoms with Crippen LogP contribution in [0, 0.1) is 10.1 Å². The van der Waals surface area contributed by atoms with Crippen LogP contribution < -0.4 is 5.32 Å². The molecule has 4 rings (SSSR count). The number of aliphatic hydroxyl groups is 1. The number of piperidine rings is 1. The van der Waals surface area contributed by atoms with Crippen LogP contribution in [0.2, 0.25) is 0 Å². The molecule has 0 aliphatic carbocycles. The number of nitrogens with zero attached hydrogens (tertiary/aromatic N) is 3. The van der Waals surface area contributed by atoms with Gasteiger partial charge in [0.1, 0.15) is 0 Å². The summed E-state index contributed by atoms with van der Waals surface area (Å²) in [5.74, 6) is 0. The smallest absolute Gasteiger partial charge is 0.422 e. The fourth-order valence-corrected chi connectivity index (χ4v) is 4.70. The zero-order valence-corrected chi connectivity index (χ0v) is 19.1. The third-order valence-corrected chi connectivity index (χ3v) is 6.55. The van der Waals surface area contributed by atoms with E-state index in [1.807, 2.05) is 0 Å². The number of nitrogens with one attached hydrogen (secondary N) is 1. The van der Waals surface area contributed by atoms with Gasteiger partial charge in [-0.3, -0.25) is 15.0 Å². The first-order chi connectivity index (χ1) is 17.0. The quantitative estimate of drug-likeness (QED) is 0.328. The van der Waals surface area contributed by atoms with Gasteiger partial charge in [0.25, 0.3) is 5.69 Å². The van der Waals surface area contributed by atoms with E-state index in [4.69, 9.17) is 5.11 Å². The summed E-state index contributed by atoms with van der Waals surface area (Å²) >= 11 is 0. The molecule has 36 heavy (non-hydrogen) atoms. The van der Waals surface area contributed by atoms with Crippen LogP contribution in [-0.4, -0.2) is 62.5 Å². The number of carboxylic acid groups (broad SMARTS) is 1. The highest BCUT2D eigenvalue weighted by Crippen LogP contribution is 2.44. The van der Waals surface area contributed by atoms with Crippen molar-refractivity contribution in [1.29, 1.82) is 0 Å². The molecule has 1 atom stereocenters. The van der Waals surface area contributed by atoms with Gasteiger partial charge in [0, 0.05) is 61.5 Å². The number of likely N-dealkylation sites (tertiary alicyclic amines) is 1. The molecule has 1 aliphatic heterocycles. The van der Waals surface area contributed by atoms with E-state index in [0.717, 1.165) is 11.6 Å². The first-order valence-electron chi connectivity index (χ1n) is 11.3. The largest absolute Gasteiger partial charge is 0.465 e. The van der Waals surface area contributed by atoms with E-state index in [0.29, 0.717) is 12.8 Å². The fourth-order valence-electron chi connectivity index (χ4n) is 4.70. The van der Waals surface area contributed by atoms with Crippen molar-refractivity contribution in [1.82, 2.24) is 14.8 Å². The van der Waals surface area contributed by atoms with E-state index in [1.54, 1.807) is 30.3 Å². The Morgan fingerprint density at radius 1 is 1.14 bits per heavy atom. The molecule has 2 aromatic carbocycles. The Kier molecular flexibility index (Phi) is 6.92. The van der Waals surface area contributed by atoms with Crippen molar-refractivity contribution in [2.45, 2.75) is 37.2 Å². The highest BCUT2D eigenvalue weighted by atomic mass is 19.4. The van der Waals surface area contributed by atoms with E-state index in [1.165, 1.54) is 27.8 Å². The highest BCUT2D eigenvalue weighted by Gasteiger charge is 2.57. The third-order valence-electron chi connectivity index (χ3n) is 6.55. The topological polar surface area (TPSA) is 121 Å². The second-order valence-electron chi connectivity index (χ2n) is 8.97. The molecule has 192 valence electrons. The van der Waals surface area contributed by atoms with Gasteiger partial charge >= 0.3 is 12.3 Å². The van der Waals surface area contributed by atoms with Gasteiger partial charge in [0.2, 0.25) is 5.60 Å². The van der Waals surface area contributed by atoms with Crippen molar-refractivity contribution in [2.24, 2.45) is 0 Å². The Hall–Kier alpha value is -3.64. The highest BCUT2D eigenvalue weighted by molar-refractivity contribution is 5.87. The fraction of sp³-hybridized carbons (Fsp3) is 0.375. The zero-order valence-electron chi connectivity index (χ0n) is 19.1. The van der Waals surface area contributed by atoms with Gasteiger partial charge < -0.3 is 20.1 Å².